The van der Waals surface area contributed by atoms with Crippen molar-refractivity contribution in [1.82, 2.24) is 0 Å². The number of anilines is 2. The molecule has 4 rings (SSSR count). The van der Waals surface area contributed by atoms with E-state index in [1.165, 1.54) is 28.1 Å². The molecule has 3 aromatic carbocycles. The topological polar surface area (TPSA) is 6.48 Å². The Labute approximate surface area is 150 Å². The third-order valence-electron chi connectivity index (χ3n) is 5.02. The lowest BCUT2D eigenvalue weighted by molar-refractivity contribution is 0.653. The minimum atomic E-state index is 1.07. The molecule has 2 nitrogen and oxygen atoms in total. The van der Waals surface area contributed by atoms with Crippen LogP contribution in [-0.4, -0.2) is 26.2 Å². The van der Waals surface area contributed by atoms with Crippen LogP contribution in [0.5, 0.6) is 0 Å². The smallest absolute Gasteiger partial charge is 0.0367 e. The molecule has 25 heavy (non-hydrogen) atoms. The summed E-state index contributed by atoms with van der Waals surface area (Å²) in [6.45, 7) is 6.42. The second-order valence-corrected chi connectivity index (χ2v) is 6.72. The van der Waals surface area contributed by atoms with Crippen molar-refractivity contribution in [2.45, 2.75) is 6.92 Å². The van der Waals surface area contributed by atoms with Gasteiger partial charge in [0.2, 0.25) is 0 Å². The standard InChI is InChI=1S/C23H24N2/c1-19-7-11-22(12-8-19)24-15-17-25(18-16-24)23-13-9-21(10-14-23)20-5-3-2-4-6-20/h2-14H,15-18H2,1H3. The molecule has 0 unspecified atom stereocenters. The first-order chi connectivity index (χ1) is 12.3. The maximum atomic E-state index is 2.49. The van der Waals surface area contributed by atoms with E-state index in [1.807, 2.05) is 0 Å². The Morgan fingerprint density at radius 3 is 1.48 bits per heavy atom. The zero-order valence-corrected chi connectivity index (χ0v) is 14.7. The highest BCUT2D eigenvalue weighted by molar-refractivity contribution is 5.66. The van der Waals surface area contributed by atoms with Crippen molar-refractivity contribution in [1.29, 1.82) is 0 Å². The van der Waals surface area contributed by atoms with Crippen molar-refractivity contribution in [2.75, 3.05) is 36.0 Å². The Kier molecular flexibility index (Phi) is 4.43. The third-order valence-corrected chi connectivity index (χ3v) is 5.02. The molecule has 1 aliphatic heterocycles. The van der Waals surface area contributed by atoms with E-state index in [9.17, 15) is 0 Å². The van der Waals surface area contributed by atoms with Gasteiger partial charge < -0.3 is 9.80 Å². The number of benzene rings is 3. The normalized spacial score (nSPS) is 14.6. The summed E-state index contributed by atoms with van der Waals surface area (Å²) in [7, 11) is 0. The average Bonchev–Trinajstić information content (AvgIpc) is 2.70. The lowest BCUT2D eigenvalue weighted by Gasteiger charge is -2.37. The molecule has 0 aromatic heterocycles. The molecule has 0 spiro atoms. The van der Waals surface area contributed by atoms with Crippen molar-refractivity contribution in [3.05, 3.63) is 84.4 Å². The van der Waals surface area contributed by atoms with E-state index < -0.39 is 0 Å². The molecule has 1 heterocycles. The maximum absolute atomic E-state index is 2.49. The monoisotopic (exact) mass is 328 g/mol. The molecule has 1 fully saturated rings. The van der Waals surface area contributed by atoms with Crippen LogP contribution in [0.1, 0.15) is 5.56 Å². The van der Waals surface area contributed by atoms with Crippen LogP contribution in [-0.2, 0) is 0 Å². The molecule has 2 heteroatoms. The number of nitrogens with zero attached hydrogens (tertiary/aromatic N) is 2. The lowest BCUT2D eigenvalue weighted by atomic mass is 10.1. The Bertz CT molecular complexity index is 799. The highest BCUT2D eigenvalue weighted by atomic mass is 15.3. The molecular formula is C23H24N2. The van der Waals surface area contributed by atoms with E-state index in [-0.39, 0.29) is 0 Å². The van der Waals surface area contributed by atoms with Crippen LogP contribution in [0, 0.1) is 6.92 Å². The molecule has 0 amide bonds. The number of piperazine rings is 1. The van der Waals surface area contributed by atoms with Gasteiger partial charge in [0.05, 0.1) is 0 Å². The first-order valence-electron chi connectivity index (χ1n) is 9.02. The molecule has 1 saturated heterocycles. The first kappa shape index (κ1) is 15.8. The molecule has 0 saturated carbocycles. The van der Waals surface area contributed by atoms with E-state index in [0.29, 0.717) is 0 Å². The molecule has 0 aliphatic carbocycles. The van der Waals surface area contributed by atoms with Crippen molar-refractivity contribution in [3.8, 4) is 11.1 Å². The highest BCUT2D eigenvalue weighted by Crippen LogP contribution is 2.25. The predicted octanol–water partition coefficient (Wildman–Crippen LogP) is 4.99. The van der Waals surface area contributed by atoms with E-state index in [1.54, 1.807) is 0 Å². The Morgan fingerprint density at radius 1 is 0.520 bits per heavy atom. The van der Waals surface area contributed by atoms with Crippen LogP contribution >= 0.6 is 0 Å². The summed E-state index contributed by atoms with van der Waals surface area (Å²) in [6.07, 6.45) is 0. The maximum Gasteiger partial charge on any atom is 0.0367 e. The van der Waals surface area contributed by atoms with Crippen molar-refractivity contribution in [3.63, 3.8) is 0 Å². The van der Waals surface area contributed by atoms with Gasteiger partial charge in [-0.1, -0.05) is 60.2 Å². The fraction of sp³-hybridized carbons (Fsp3) is 0.217. The average molecular weight is 328 g/mol. The van der Waals surface area contributed by atoms with Gasteiger partial charge in [-0.15, -0.1) is 0 Å². The van der Waals surface area contributed by atoms with Crippen molar-refractivity contribution < 1.29 is 0 Å². The van der Waals surface area contributed by atoms with Gasteiger partial charge in [-0.3, -0.25) is 0 Å². The first-order valence-corrected chi connectivity index (χ1v) is 9.02. The molecule has 0 radical (unpaired) electrons. The van der Waals surface area contributed by atoms with Gasteiger partial charge in [-0.2, -0.15) is 0 Å². The van der Waals surface area contributed by atoms with Crippen LogP contribution in [0.4, 0.5) is 11.4 Å². The summed E-state index contributed by atoms with van der Waals surface area (Å²) in [5.41, 5.74) is 6.54. The van der Waals surface area contributed by atoms with Crippen molar-refractivity contribution in [2.24, 2.45) is 0 Å². The van der Waals surface area contributed by atoms with Crippen LogP contribution in [0.15, 0.2) is 78.9 Å². The summed E-state index contributed by atoms with van der Waals surface area (Å²) in [6, 6.07) is 28.4. The summed E-state index contributed by atoms with van der Waals surface area (Å²) in [5, 5.41) is 0. The van der Waals surface area contributed by atoms with Gasteiger partial charge in [0.25, 0.3) is 0 Å². The number of aryl methyl sites for hydroxylation is 1. The van der Waals surface area contributed by atoms with Gasteiger partial charge >= 0.3 is 0 Å². The minimum absolute atomic E-state index is 1.07. The van der Waals surface area contributed by atoms with Gasteiger partial charge in [0, 0.05) is 37.6 Å². The van der Waals surface area contributed by atoms with Crippen LogP contribution in [0.2, 0.25) is 0 Å². The second kappa shape index (κ2) is 7.02. The van der Waals surface area contributed by atoms with E-state index in [2.05, 4.69) is 95.6 Å². The second-order valence-electron chi connectivity index (χ2n) is 6.72. The van der Waals surface area contributed by atoms with Crippen molar-refractivity contribution >= 4 is 11.4 Å². The van der Waals surface area contributed by atoms with Crippen LogP contribution in [0.3, 0.4) is 0 Å². The summed E-state index contributed by atoms with van der Waals surface area (Å²) >= 11 is 0. The van der Waals surface area contributed by atoms with E-state index >= 15 is 0 Å². The largest absolute Gasteiger partial charge is 0.368 e. The fourth-order valence-corrected chi connectivity index (χ4v) is 3.47. The molecular weight excluding hydrogens is 304 g/mol. The summed E-state index contributed by atoms with van der Waals surface area (Å²) in [4.78, 5) is 4.97. The van der Waals surface area contributed by atoms with Crippen LogP contribution < -0.4 is 9.80 Å². The van der Waals surface area contributed by atoms with Gasteiger partial charge in [-0.05, 0) is 42.3 Å². The molecule has 0 N–H and O–H groups in total. The van der Waals surface area contributed by atoms with Gasteiger partial charge in [-0.25, -0.2) is 0 Å². The predicted molar refractivity (Wildman–Crippen MR) is 107 cm³/mol. The number of hydrogen-bond acceptors (Lipinski definition) is 2. The Morgan fingerprint density at radius 2 is 0.960 bits per heavy atom. The molecule has 3 aromatic rings. The molecule has 0 atom stereocenters. The van der Waals surface area contributed by atoms with Gasteiger partial charge in [0.1, 0.15) is 0 Å². The number of rotatable bonds is 3. The zero-order valence-electron chi connectivity index (χ0n) is 14.7. The zero-order chi connectivity index (χ0) is 17.1. The summed E-state index contributed by atoms with van der Waals surface area (Å²) in [5.74, 6) is 0. The third kappa shape index (κ3) is 3.53. The SMILES string of the molecule is Cc1ccc(N2CCN(c3ccc(-c4ccccc4)cc3)CC2)cc1. The molecule has 1 aliphatic rings. The fourth-order valence-electron chi connectivity index (χ4n) is 3.47. The Hall–Kier alpha value is -2.74. The number of hydrogen-bond donors (Lipinski definition) is 0. The minimum Gasteiger partial charge on any atom is -0.368 e. The molecule has 126 valence electrons. The highest BCUT2D eigenvalue weighted by Gasteiger charge is 2.17. The van der Waals surface area contributed by atoms with E-state index in [4.69, 9.17) is 0 Å². The quantitative estimate of drug-likeness (QED) is 0.668. The molecule has 0 bridgehead atoms. The lowest BCUT2D eigenvalue weighted by Crippen LogP contribution is -2.46. The Balaban J connectivity index is 1.41. The van der Waals surface area contributed by atoms with Crippen LogP contribution in [0.25, 0.3) is 11.1 Å². The van der Waals surface area contributed by atoms with Gasteiger partial charge in [0.15, 0.2) is 0 Å². The van der Waals surface area contributed by atoms with E-state index in [0.717, 1.165) is 26.2 Å². The summed E-state index contributed by atoms with van der Waals surface area (Å²) < 4.78 is 0.